The van der Waals surface area contributed by atoms with Gasteiger partial charge in [-0.25, -0.2) is 0 Å². The van der Waals surface area contributed by atoms with E-state index in [0.717, 1.165) is 24.3 Å². The molecule has 3 nitrogen and oxygen atoms in total. The van der Waals surface area contributed by atoms with Gasteiger partial charge in [0.2, 0.25) is 0 Å². The van der Waals surface area contributed by atoms with Crippen molar-refractivity contribution in [3.05, 3.63) is 24.3 Å². The van der Waals surface area contributed by atoms with Crippen molar-refractivity contribution < 1.29 is 4.74 Å². The first-order chi connectivity index (χ1) is 9.33. The molecular weight excluding hydrogens is 236 g/mol. The van der Waals surface area contributed by atoms with E-state index in [1.54, 1.807) is 0 Å². The first-order valence-electron chi connectivity index (χ1n) is 7.22. The van der Waals surface area contributed by atoms with Crippen molar-refractivity contribution in [2.75, 3.05) is 11.9 Å². The Hall–Kier alpha value is -1.69. The number of nitrogens with zero attached hydrogens (tertiary/aromatic N) is 1. The second-order valence-corrected chi connectivity index (χ2v) is 5.08. The summed E-state index contributed by atoms with van der Waals surface area (Å²) < 4.78 is 5.43. The molecule has 0 heterocycles. The van der Waals surface area contributed by atoms with E-state index in [0.29, 0.717) is 6.61 Å². The summed E-state index contributed by atoms with van der Waals surface area (Å²) in [6.07, 6.45) is 5.75. The Morgan fingerprint density at radius 2 is 1.95 bits per heavy atom. The average Bonchev–Trinajstić information content (AvgIpc) is 2.66. The molecule has 0 aromatic heterocycles. The van der Waals surface area contributed by atoms with Crippen molar-refractivity contribution in [3.8, 4) is 11.8 Å². The monoisotopic (exact) mass is 258 g/mol. The minimum absolute atomic E-state index is 0.133. The van der Waals surface area contributed by atoms with Crippen LogP contribution in [0.1, 0.15) is 39.0 Å². The maximum absolute atomic E-state index is 9.27. The summed E-state index contributed by atoms with van der Waals surface area (Å²) in [5.74, 6) is 1.03. The molecule has 2 atom stereocenters. The number of anilines is 1. The van der Waals surface area contributed by atoms with Gasteiger partial charge < -0.3 is 10.1 Å². The Morgan fingerprint density at radius 1 is 1.21 bits per heavy atom. The molecular formula is C16H22N2O. The quantitative estimate of drug-likeness (QED) is 0.831. The fourth-order valence-electron chi connectivity index (χ4n) is 2.66. The minimum atomic E-state index is 0.133. The van der Waals surface area contributed by atoms with Crippen molar-refractivity contribution in [1.29, 1.82) is 5.26 Å². The van der Waals surface area contributed by atoms with Crippen LogP contribution in [0.15, 0.2) is 24.3 Å². The molecule has 3 heteroatoms. The van der Waals surface area contributed by atoms with Crippen LogP contribution < -0.4 is 10.1 Å². The van der Waals surface area contributed by atoms with Gasteiger partial charge in [-0.3, -0.25) is 0 Å². The highest BCUT2D eigenvalue weighted by atomic mass is 16.5. The summed E-state index contributed by atoms with van der Waals surface area (Å²) in [6.45, 7) is 2.67. The second-order valence-electron chi connectivity index (χ2n) is 5.08. The molecule has 0 saturated heterocycles. The lowest BCUT2D eigenvalue weighted by Crippen LogP contribution is -2.27. The van der Waals surface area contributed by atoms with Crippen LogP contribution in [0, 0.1) is 17.2 Å². The van der Waals surface area contributed by atoms with E-state index < -0.39 is 0 Å². The summed E-state index contributed by atoms with van der Waals surface area (Å²) in [7, 11) is 0. The predicted molar refractivity (Wildman–Crippen MR) is 77.2 cm³/mol. The summed E-state index contributed by atoms with van der Waals surface area (Å²) >= 11 is 0. The van der Waals surface area contributed by atoms with Crippen LogP contribution in [-0.4, -0.2) is 12.6 Å². The molecule has 1 aromatic rings. The second kappa shape index (κ2) is 7.04. The number of nitrogens with one attached hydrogen (secondary N) is 1. The lowest BCUT2D eigenvalue weighted by Gasteiger charge is -2.22. The predicted octanol–water partition coefficient (Wildman–Crippen LogP) is 3.97. The number of benzene rings is 1. The average molecular weight is 258 g/mol. The van der Waals surface area contributed by atoms with Gasteiger partial charge in [0.1, 0.15) is 5.75 Å². The van der Waals surface area contributed by atoms with Gasteiger partial charge in [-0.1, -0.05) is 19.3 Å². The van der Waals surface area contributed by atoms with E-state index >= 15 is 0 Å². The zero-order chi connectivity index (χ0) is 13.5. The van der Waals surface area contributed by atoms with Gasteiger partial charge in [-0.15, -0.1) is 0 Å². The Kier molecular flexibility index (Phi) is 5.09. The van der Waals surface area contributed by atoms with Gasteiger partial charge in [-0.2, -0.15) is 5.26 Å². The summed E-state index contributed by atoms with van der Waals surface area (Å²) in [6, 6.07) is 10.8. The molecule has 0 bridgehead atoms. The molecule has 0 amide bonds. The van der Waals surface area contributed by atoms with E-state index in [1.807, 2.05) is 31.2 Å². The topological polar surface area (TPSA) is 45.0 Å². The smallest absolute Gasteiger partial charge is 0.119 e. The van der Waals surface area contributed by atoms with Gasteiger partial charge >= 0.3 is 0 Å². The number of nitriles is 1. The molecule has 2 unspecified atom stereocenters. The normalized spacial score (nSPS) is 23.2. The van der Waals surface area contributed by atoms with Crippen LogP contribution in [0.4, 0.5) is 5.69 Å². The molecule has 1 aliphatic carbocycles. The van der Waals surface area contributed by atoms with Gasteiger partial charge in [0.25, 0.3) is 0 Å². The number of rotatable bonds is 4. The van der Waals surface area contributed by atoms with E-state index in [1.165, 1.54) is 19.3 Å². The number of hydrogen-bond acceptors (Lipinski definition) is 3. The van der Waals surface area contributed by atoms with Crippen LogP contribution in [0.5, 0.6) is 5.75 Å². The van der Waals surface area contributed by atoms with Crippen LogP contribution >= 0.6 is 0 Å². The summed E-state index contributed by atoms with van der Waals surface area (Å²) in [5.41, 5.74) is 1.08. The number of ether oxygens (including phenoxy) is 1. The van der Waals surface area contributed by atoms with E-state index in [4.69, 9.17) is 4.74 Å². The van der Waals surface area contributed by atoms with Crippen LogP contribution in [0.25, 0.3) is 0 Å². The molecule has 1 saturated carbocycles. The zero-order valence-electron chi connectivity index (χ0n) is 11.6. The highest BCUT2D eigenvalue weighted by molar-refractivity contribution is 5.47. The maximum atomic E-state index is 9.27. The summed E-state index contributed by atoms with van der Waals surface area (Å²) in [4.78, 5) is 0. The Labute approximate surface area is 115 Å². The first kappa shape index (κ1) is 13.7. The molecule has 102 valence electrons. The molecule has 19 heavy (non-hydrogen) atoms. The Bertz CT molecular complexity index is 421. The van der Waals surface area contributed by atoms with Gasteiger partial charge in [0, 0.05) is 11.7 Å². The highest BCUT2D eigenvalue weighted by Crippen LogP contribution is 2.26. The Balaban J connectivity index is 2.00. The van der Waals surface area contributed by atoms with Gasteiger partial charge in [0.05, 0.1) is 18.6 Å². The lowest BCUT2D eigenvalue weighted by atomic mass is 9.96. The third-order valence-electron chi connectivity index (χ3n) is 3.70. The van der Waals surface area contributed by atoms with Gasteiger partial charge in [-0.05, 0) is 44.0 Å². The highest BCUT2D eigenvalue weighted by Gasteiger charge is 2.23. The van der Waals surface area contributed by atoms with E-state index in [2.05, 4.69) is 11.4 Å². The van der Waals surface area contributed by atoms with Crippen molar-refractivity contribution >= 4 is 5.69 Å². The first-order valence-corrected chi connectivity index (χ1v) is 7.22. The fourth-order valence-corrected chi connectivity index (χ4v) is 2.66. The third-order valence-corrected chi connectivity index (χ3v) is 3.70. The van der Waals surface area contributed by atoms with E-state index in [-0.39, 0.29) is 12.0 Å². The van der Waals surface area contributed by atoms with Gasteiger partial charge in [0.15, 0.2) is 0 Å². The summed E-state index contributed by atoms with van der Waals surface area (Å²) in [5, 5.41) is 12.8. The van der Waals surface area contributed by atoms with Crippen LogP contribution in [0.2, 0.25) is 0 Å². The molecule has 1 N–H and O–H groups in total. The standard InChI is InChI=1S/C16H22N2O/c1-2-19-15-10-8-14(9-11-15)18-16-7-5-3-4-6-13(16)12-17/h8-11,13,16,18H,2-7H2,1H3. The number of hydrogen-bond donors (Lipinski definition) is 1. The van der Waals surface area contributed by atoms with Crippen LogP contribution in [-0.2, 0) is 0 Å². The molecule has 0 spiro atoms. The molecule has 2 rings (SSSR count). The van der Waals surface area contributed by atoms with Crippen molar-refractivity contribution in [2.45, 2.75) is 45.1 Å². The molecule has 1 aromatic carbocycles. The van der Waals surface area contributed by atoms with Crippen molar-refractivity contribution in [1.82, 2.24) is 0 Å². The zero-order valence-corrected chi connectivity index (χ0v) is 11.6. The van der Waals surface area contributed by atoms with Crippen LogP contribution in [0.3, 0.4) is 0 Å². The molecule has 0 radical (unpaired) electrons. The SMILES string of the molecule is CCOc1ccc(NC2CCCCCC2C#N)cc1. The fraction of sp³-hybridized carbons (Fsp3) is 0.562. The minimum Gasteiger partial charge on any atom is -0.494 e. The molecule has 1 fully saturated rings. The maximum Gasteiger partial charge on any atom is 0.119 e. The molecule has 1 aliphatic rings. The lowest BCUT2D eigenvalue weighted by molar-refractivity contribution is 0.340. The Morgan fingerprint density at radius 3 is 2.63 bits per heavy atom. The third kappa shape index (κ3) is 3.89. The molecule has 0 aliphatic heterocycles. The largest absolute Gasteiger partial charge is 0.494 e. The van der Waals surface area contributed by atoms with Crippen molar-refractivity contribution in [2.24, 2.45) is 5.92 Å². The van der Waals surface area contributed by atoms with E-state index in [9.17, 15) is 5.26 Å². The van der Waals surface area contributed by atoms with Crippen molar-refractivity contribution in [3.63, 3.8) is 0 Å².